The molecule has 1 N–H and O–H groups in total. The van der Waals surface area contributed by atoms with E-state index in [-0.39, 0.29) is 15.7 Å². The van der Waals surface area contributed by atoms with Gasteiger partial charge in [-0.2, -0.15) is 18.3 Å². The highest BCUT2D eigenvalue weighted by atomic mass is 35.5. The van der Waals surface area contributed by atoms with Crippen LogP contribution in [0.5, 0.6) is 0 Å². The molecular weight excluding hydrogens is 326 g/mol. The maximum Gasteiger partial charge on any atom is 0.416 e. The molecule has 0 amide bonds. The lowest BCUT2D eigenvalue weighted by molar-refractivity contribution is -0.137. The third-order valence-corrected chi connectivity index (χ3v) is 3.03. The highest BCUT2D eigenvalue weighted by Crippen LogP contribution is 2.38. The quantitative estimate of drug-likeness (QED) is 0.643. The van der Waals surface area contributed by atoms with E-state index in [2.05, 4.69) is 15.5 Å². The Bertz CT molecular complexity index is 634. The minimum absolute atomic E-state index is 0.0958. The fourth-order valence-corrected chi connectivity index (χ4v) is 2.03. The molecule has 110 valence electrons. The summed E-state index contributed by atoms with van der Waals surface area (Å²) in [6, 6.07) is 6.79. The fraction of sp³-hybridized carbons (Fsp3) is 0.0769. The van der Waals surface area contributed by atoms with Crippen LogP contribution in [0.4, 0.5) is 18.9 Å². The smallest absolute Gasteiger partial charge is 0.275 e. The topological polar surface area (TPSA) is 37.3 Å². The zero-order valence-corrected chi connectivity index (χ0v) is 11.8. The second-order valence-corrected chi connectivity index (χ2v) is 4.75. The Balaban J connectivity index is 2.20. The predicted octanol–water partition coefficient (Wildman–Crippen LogP) is 4.85. The number of nitrogens with zero attached hydrogens (tertiary/aromatic N) is 2. The van der Waals surface area contributed by atoms with Gasteiger partial charge in [-0.05, 0) is 24.3 Å². The molecule has 1 heterocycles. The molecule has 21 heavy (non-hydrogen) atoms. The number of nitrogens with one attached hydrogen (secondary N) is 1. The first-order chi connectivity index (χ1) is 9.88. The van der Waals surface area contributed by atoms with Gasteiger partial charge in [0.1, 0.15) is 0 Å². The van der Waals surface area contributed by atoms with Crippen LogP contribution in [0.2, 0.25) is 10.0 Å². The van der Waals surface area contributed by atoms with Crippen molar-refractivity contribution in [3.05, 3.63) is 57.8 Å². The van der Waals surface area contributed by atoms with Crippen LogP contribution < -0.4 is 5.43 Å². The molecule has 0 saturated heterocycles. The summed E-state index contributed by atoms with van der Waals surface area (Å²) >= 11 is 11.6. The molecule has 0 aliphatic rings. The summed E-state index contributed by atoms with van der Waals surface area (Å²) in [5, 5.41) is 3.49. The van der Waals surface area contributed by atoms with Crippen molar-refractivity contribution >= 4 is 35.1 Å². The number of halogens is 5. The summed E-state index contributed by atoms with van der Waals surface area (Å²) in [5.41, 5.74) is 2.26. The Labute approximate surface area is 128 Å². The van der Waals surface area contributed by atoms with Gasteiger partial charge in [0.2, 0.25) is 0 Å². The first kappa shape index (κ1) is 15.6. The number of hydrogen-bond acceptors (Lipinski definition) is 3. The third-order valence-electron chi connectivity index (χ3n) is 2.43. The number of rotatable bonds is 3. The molecule has 1 aromatic heterocycles. The minimum Gasteiger partial charge on any atom is -0.275 e. The summed E-state index contributed by atoms with van der Waals surface area (Å²) in [4.78, 5) is 4.00. The average Bonchev–Trinajstić information content (AvgIpc) is 2.42. The molecule has 8 heteroatoms. The molecule has 0 radical (unpaired) electrons. The minimum atomic E-state index is -4.51. The van der Waals surface area contributed by atoms with E-state index in [4.69, 9.17) is 23.2 Å². The number of alkyl halides is 3. The van der Waals surface area contributed by atoms with E-state index in [0.29, 0.717) is 5.69 Å². The van der Waals surface area contributed by atoms with Crippen molar-refractivity contribution in [1.82, 2.24) is 4.98 Å². The van der Waals surface area contributed by atoms with Crippen LogP contribution in [0, 0.1) is 0 Å². The van der Waals surface area contributed by atoms with E-state index in [1.54, 1.807) is 24.4 Å². The van der Waals surface area contributed by atoms with Crippen LogP contribution in [0.1, 0.15) is 11.3 Å². The number of aromatic nitrogens is 1. The van der Waals surface area contributed by atoms with Gasteiger partial charge in [0.25, 0.3) is 0 Å². The van der Waals surface area contributed by atoms with Crippen molar-refractivity contribution in [2.75, 3.05) is 5.43 Å². The number of benzene rings is 1. The standard InChI is InChI=1S/C13H8Cl2F3N3/c14-10-5-8(13(16,17)18)6-11(15)12(10)21-20-7-9-3-1-2-4-19-9/h1-7,21H/b20-7+. The summed E-state index contributed by atoms with van der Waals surface area (Å²) in [7, 11) is 0. The average molecular weight is 334 g/mol. The van der Waals surface area contributed by atoms with Gasteiger partial charge in [0.15, 0.2) is 0 Å². The molecule has 3 nitrogen and oxygen atoms in total. The van der Waals surface area contributed by atoms with E-state index in [0.717, 1.165) is 12.1 Å². The van der Waals surface area contributed by atoms with Gasteiger partial charge < -0.3 is 0 Å². The van der Waals surface area contributed by atoms with E-state index in [1.165, 1.54) is 6.21 Å². The number of hydrazone groups is 1. The van der Waals surface area contributed by atoms with Crippen LogP contribution in [0.25, 0.3) is 0 Å². The summed E-state index contributed by atoms with van der Waals surface area (Å²) < 4.78 is 37.7. The van der Waals surface area contributed by atoms with Gasteiger partial charge in [-0.25, -0.2) is 0 Å². The van der Waals surface area contributed by atoms with E-state index in [1.807, 2.05) is 0 Å². The molecule has 0 aliphatic carbocycles. The van der Waals surface area contributed by atoms with Crippen molar-refractivity contribution in [2.45, 2.75) is 6.18 Å². The first-order valence-corrected chi connectivity index (χ1v) is 6.40. The van der Waals surface area contributed by atoms with Crippen molar-refractivity contribution in [3.8, 4) is 0 Å². The number of hydrogen-bond donors (Lipinski definition) is 1. The maximum atomic E-state index is 12.6. The SMILES string of the molecule is FC(F)(F)c1cc(Cl)c(N/N=C/c2ccccn2)c(Cl)c1. The molecule has 0 atom stereocenters. The molecule has 0 saturated carbocycles. The molecule has 0 spiro atoms. The Kier molecular flexibility index (Phi) is 4.69. The predicted molar refractivity (Wildman–Crippen MR) is 76.9 cm³/mol. The third kappa shape index (κ3) is 4.09. The first-order valence-electron chi connectivity index (χ1n) is 5.64. The zero-order valence-electron chi connectivity index (χ0n) is 10.3. The molecule has 0 fully saturated rings. The van der Waals surface area contributed by atoms with E-state index in [9.17, 15) is 13.2 Å². The van der Waals surface area contributed by atoms with Gasteiger partial charge in [0.05, 0.1) is 33.2 Å². The number of anilines is 1. The lowest BCUT2D eigenvalue weighted by Crippen LogP contribution is -2.05. The monoisotopic (exact) mass is 333 g/mol. The van der Waals surface area contributed by atoms with Crippen molar-refractivity contribution < 1.29 is 13.2 Å². The largest absolute Gasteiger partial charge is 0.416 e. The van der Waals surface area contributed by atoms with Gasteiger partial charge in [-0.15, -0.1) is 0 Å². The molecule has 0 aliphatic heterocycles. The maximum absolute atomic E-state index is 12.6. The molecule has 0 unspecified atom stereocenters. The van der Waals surface area contributed by atoms with Crippen molar-refractivity contribution in [1.29, 1.82) is 0 Å². The van der Waals surface area contributed by atoms with Crippen LogP contribution in [0.15, 0.2) is 41.6 Å². The lowest BCUT2D eigenvalue weighted by atomic mass is 10.2. The molecule has 2 rings (SSSR count). The second-order valence-electron chi connectivity index (χ2n) is 3.94. The van der Waals surface area contributed by atoms with Crippen molar-refractivity contribution in [3.63, 3.8) is 0 Å². The van der Waals surface area contributed by atoms with Gasteiger partial charge in [-0.1, -0.05) is 29.3 Å². The van der Waals surface area contributed by atoms with E-state index >= 15 is 0 Å². The summed E-state index contributed by atoms with van der Waals surface area (Å²) in [6.07, 6.45) is -1.53. The Morgan fingerprint density at radius 2 is 1.81 bits per heavy atom. The zero-order chi connectivity index (χ0) is 15.5. The molecule has 2 aromatic rings. The molecular formula is C13H8Cl2F3N3. The van der Waals surface area contributed by atoms with Crippen molar-refractivity contribution in [2.24, 2.45) is 5.10 Å². The highest BCUT2D eigenvalue weighted by Gasteiger charge is 2.31. The van der Waals surface area contributed by atoms with Crippen LogP contribution in [-0.4, -0.2) is 11.2 Å². The molecule has 1 aromatic carbocycles. The molecule has 0 bridgehead atoms. The Hall–Kier alpha value is -1.79. The normalized spacial score (nSPS) is 11.9. The van der Waals surface area contributed by atoms with Gasteiger partial charge in [0, 0.05) is 6.20 Å². The second kappa shape index (κ2) is 6.32. The van der Waals surface area contributed by atoms with Crippen LogP contribution >= 0.6 is 23.2 Å². The number of pyridine rings is 1. The van der Waals surface area contributed by atoms with Gasteiger partial charge in [-0.3, -0.25) is 10.4 Å². The van der Waals surface area contributed by atoms with Crippen LogP contribution in [0.3, 0.4) is 0 Å². The Morgan fingerprint density at radius 1 is 1.14 bits per heavy atom. The van der Waals surface area contributed by atoms with Gasteiger partial charge >= 0.3 is 6.18 Å². The fourth-order valence-electron chi connectivity index (χ4n) is 1.46. The highest BCUT2D eigenvalue weighted by molar-refractivity contribution is 6.39. The van der Waals surface area contributed by atoms with Crippen LogP contribution in [-0.2, 0) is 6.18 Å². The summed E-state index contributed by atoms with van der Waals surface area (Å²) in [5.74, 6) is 0. The lowest BCUT2D eigenvalue weighted by Gasteiger charge is -2.11. The van der Waals surface area contributed by atoms with E-state index < -0.39 is 11.7 Å². The summed E-state index contributed by atoms with van der Waals surface area (Å²) in [6.45, 7) is 0. The Morgan fingerprint density at radius 3 is 2.33 bits per heavy atom.